The lowest BCUT2D eigenvalue weighted by atomic mass is 9.82. The van der Waals surface area contributed by atoms with Gasteiger partial charge in [0.1, 0.15) is 14.4 Å². The molecule has 4 heteroatoms. The van der Waals surface area contributed by atoms with Gasteiger partial charge in [0.2, 0.25) is 0 Å². The molecule has 0 bridgehead atoms. The van der Waals surface area contributed by atoms with Crippen molar-refractivity contribution in [2.75, 3.05) is 13.2 Å². The third-order valence-corrected chi connectivity index (χ3v) is 3.82. The molecule has 18 heavy (non-hydrogen) atoms. The summed E-state index contributed by atoms with van der Waals surface area (Å²) in [4.78, 5) is 10.8. The van der Waals surface area contributed by atoms with E-state index in [1.54, 1.807) is 0 Å². The van der Waals surface area contributed by atoms with Gasteiger partial charge in [-0.3, -0.25) is 0 Å². The Kier molecular flexibility index (Phi) is 4.76. The molecule has 0 amide bonds. The Bertz CT molecular complexity index is 347. The van der Waals surface area contributed by atoms with Crippen molar-refractivity contribution >= 4 is 14.4 Å². The number of rotatable bonds is 3. The van der Waals surface area contributed by atoms with Crippen molar-refractivity contribution in [3.8, 4) is 11.5 Å². The molecular weight excluding hydrogens is 244 g/mol. The first-order valence-corrected chi connectivity index (χ1v) is 9.90. The molecule has 0 aliphatic carbocycles. The summed E-state index contributed by atoms with van der Waals surface area (Å²) in [7, 11) is -1.36. The van der Waals surface area contributed by atoms with Crippen LogP contribution in [0.25, 0.3) is 0 Å². The van der Waals surface area contributed by atoms with E-state index in [0.717, 1.165) is 6.29 Å². The second-order valence-electron chi connectivity index (χ2n) is 6.58. The normalized spacial score (nSPS) is 21.8. The third kappa shape index (κ3) is 4.93. The van der Waals surface area contributed by atoms with Crippen molar-refractivity contribution in [2.24, 2.45) is 5.41 Å². The highest BCUT2D eigenvalue weighted by Gasteiger charge is 2.39. The molecule has 1 fully saturated rings. The Labute approximate surface area is 111 Å². The zero-order valence-corrected chi connectivity index (χ0v) is 13.1. The molecule has 0 radical (unpaired) electrons. The average molecular weight is 268 g/mol. The van der Waals surface area contributed by atoms with Crippen LogP contribution in [0.3, 0.4) is 0 Å². The predicted molar refractivity (Wildman–Crippen MR) is 74.8 cm³/mol. The van der Waals surface area contributed by atoms with Crippen molar-refractivity contribution < 1.29 is 14.3 Å². The second kappa shape index (κ2) is 5.56. The molecule has 0 N–H and O–H groups in total. The maximum atomic E-state index is 10.8. The van der Waals surface area contributed by atoms with Crippen LogP contribution >= 0.6 is 0 Å². The van der Waals surface area contributed by atoms with E-state index < -0.39 is 13.9 Å². The lowest BCUT2D eigenvalue weighted by Gasteiger charge is -2.41. The standard InChI is InChI=1S/C14H24O3Si/c1-13(2)16-11-14(8-9-15,12-17-13)7-6-10-18(3,4)5/h9H,7-8,11-12H2,1-5H3. The van der Waals surface area contributed by atoms with Gasteiger partial charge in [-0.1, -0.05) is 19.6 Å². The molecular formula is C14H24O3Si. The van der Waals surface area contributed by atoms with Crippen molar-refractivity contribution in [1.82, 2.24) is 0 Å². The smallest absolute Gasteiger partial charge is 0.162 e. The van der Waals surface area contributed by atoms with Gasteiger partial charge in [0.25, 0.3) is 0 Å². The van der Waals surface area contributed by atoms with Gasteiger partial charge in [0.15, 0.2) is 5.79 Å². The maximum absolute atomic E-state index is 10.8. The largest absolute Gasteiger partial charge is 0.350 e. The van der Waals surface area contributed by atoms with E-state index >= 15 is 0 Å². The molecule has 1 aliphatic rings. The van der Waals surface area contributed by atoms with Crippen LogP contribution in [0, 0.1) is 16.9 Å². The highest BCUT2D eigenvalue weighted by Crippen LogP contribution is 2.34. The molecule has 0 spiro atoms. The molecule has 0 aromatic carbocycles. The summed E-state index contributed by atoms with van der Waals surface area (Å²) in [5.41, 5.74) is 3.07. The molecule has 0 aromatic heterocycles. The number of carbonyl (C=O) groups is 1. The quantitative estimate of drug-likeness (QED) is 0.448. The summed E-state index contributed by atoms with van der Waals surface area (Å²) in [5, 5.41) is 0. The van der Waals surface area contributed by atoms with Gasteiger partial charge in [0.05, 0.1) is 13.2 Å². The number of aldehydes is 1. The van der Waals surface area contributed by atoms with Gasteiger partial charge in [0, 0.05) is 18.3 Å². The van der Waals surface area contributed by atoms with E-state index in [4.69, 9.17) is 9.47 Å². The molecule has 3 nitrogen and oxygen atoms in total. The first-order valence-electron chi connectivity index (χ1n) is 6.40. The molecule has 1 aliphatic heterocycles. The lowest BCUT2D eigenvalue weighted by molar-refractivity contribution is -0.284. The van der Waals surface area contributed by atoms with Crippen LogP contribution in [-0.2, 0) is 14.3 Å². The topological polar surface area (TPSA) is 35.5 Å². The van der Waals surface area contributed by atoms with Crippen LogP contribution in [0.15, 0.2) is 0 Å². The van der Waals surface area contributed by atoms with Crippen LogP contribution in [0.5, 0.6) is 0 Å². The summed E-state index contributed by atoms with van der Waals surface area (Å²) in [5.74, 6) is 2.70. The van der Waals surface area contributed by atoms with E-state index in [9.17, 15) is 4.79 Å². The van der Waals surface area contributed by atoms with Crippen molar-refractivity contribution in [3.63, 3.8) is 0 Å². The monoisotopic (exact) mass is 268 g/mol. The maximum Gasteiger partial charge on any atom is 0.162 e. The zero-order valence-electron chi connectivity index (χ0n) is 12.1. The summed E-state index contributed by atoms with van der Waals surface area (Å²) in [6.07, 6.45) is 2.07. The van der Waals surface area contributed by atoms with E-state index in [1.807, 2.05) is 13.8 Å². The van der Waals surface area contributed by atoms with Crippen LogP contribution in [0.2, 0.25) is 19.6 Å². The molecule has 0 unspecified atom stereocenters. The van der Waals surface area contributed by atoms with Crippen molar-refractivity contribution in [3.05, 3.63) is 0 Å². The number of hydrogen-bond acceptors (Lipinski definition) is 3. The van der Waals surface area contributed by atoms with Gasteiger partial charge < -0.3 is 14.3 Å². The van der Waals surface area contributed by atoms with Crippen molar-refractivity contribution in [2.45, 2.75) is 52.1 Å². The molecule has 0 atom stereocenters. The minimum Gasteiger partial charge on any atom is -0.350 e. The summed E-state index contributed by atoms with van der Waals surface area (Å²) in [6.45, 7) is 11.5. The van der Waals surface area contributed by atoms with E-state index in [0.29, 0.717) is 26.1 Å². The number of carbonyl (C=O) groups excluding carboxylic acids is 1. The first kappa shape index (κ1) is 15.4. The Hall–Kier alpha value is -0.633. The number of ether oxygens (including phenoxy) is 2. The molecule has 1 heterocycles. The molecule has 1 saturated heterocycles. The fraction of sp³-hybridized carbons (Fsp3) is 0.786. The van der Waals surface area contributed by atoms with E-state index in [1.165, 1.54) is 0 Å². The minimum absolute atomic E-state index is 0.260. The van der Waals surface area contributed by atoms with Gasteiger partial charge in [-0.05, 0) is 13.8 Å². The Morgan fingerprint density at radius 1 is 1.22 bits per heavy atom. The fourth-order valence-electron chi connectivity index (χ4n) is 1.70. The van der Waals surface area contributed by atoms with Gasteiger partial charge in [-0.25, -0.2) is 0 Å². The second-order valence-corrected chi connectivity index (χ2v) is 11.3. The average Bonchev–Trinajstić information content (AvgIpc) is 2.21. The van der Waals surface area contributed by atoms with Gasteiger partial charge >= 0.3 is 0 Å². The van der Waals surface area contributed by atoms with E-state index in [-0.39, 0.29) is 5.41 Å². The molecule has 0 aromatic rings. The highest BCUT2D eigenvalue weighted by molar-refractivity contribution is 6.83. The van der Waals surface area contributed by atoms with Crippen LogP contribution in [-0.4, -0.2) is 33.4 Å². The Morgan fingerprint density at radius 3 is 2.22 bits per heavy atom. The number of hydrogen-bond donors (Lipinski definition) is 0. The summed E-state index contributed by atoms with van der Waals surface area (Å²) in [6, 6.07) is 0. The minimum atomic E-state index is -1.36. The lowest BCUT2D eigenvalue weighted by Crippen LogP contribution is -2.46. The van der Waals surface area contributed by atoms with E-state index in [2.05, 4.69) is 31.1 Å². The van der Waals surface area contributed by atoms with Crippen LogP contribution < -0.4 is 0 Å². The summed E-state index contributed by atoms with van der Waals surface area (Å²) >= 11 is 0. The van der Waals surface area contributed by atoms with Crippen LogP contribution in [0.1, 0.15) is 26.7 Å². The van der Waals surface area contributed by atoms with Crippen LogP contribution in [0.4, 0.5) is 0 Å². The molecule has 102 valence electrons. The highest BCUT2D eigenvalue weighted by atomic mass is 28.3. The molecule has 1 rings (SSSR count). The van der Waals surface area contributed by atoms with Gasteiger partial charge in [-0.15, -0.1) is 11.5 Å². The molecule has 0 saturated carbocycles. The van der Waals surface area contributed by atoms with Gasteiger partial charge in [-0.2, -0.15) is 0 Å². The summed E-state index contributed by atoms with van der Waals surface area (Å²) < 4.78 is 11.4. The predicted octanol–water partition coefficient (Wildman–Crippen LogP) is 2.62. The first-order chi connectivity index (χ1) is 8.18. The Morgan fingerprint density at radius 2 is 1.78 bits per heavy atom. The zero-order chi connectivity index (χ0) is 13.9. The Balaban J connectivity index is 2.70. The van der Waals surface area contributed by atoms with Crippen molar-refractivity contribution in [1.29, 1.82) is 0 Å². The fourth-order valence-corrected chi connectivity index (χ4v) is 2.32. The SMILES string of the molecule is CC1(C)OCC(CC#C[Si](C)(C)C)(CC=O)CO1. The third-order valence-electron chi connectivity index (χ3n) is 2.90.